The molecule has 0 aromatic carbocycles. The molecule has 100 valence electrons. The van der Waals surface area contributed by atoms with E-state index < -0.39 is 0 Å². The van der Waals surface area contributed by atoms with Crippen LogP contribution in [0.1, 0.15) is 46.0 Å². The Bertz CT molecular complexity index is 370. The van der Waals surface area contributed by atoms with Crippen LogP contribution in [-0.2, 0) is 0 Å². The number of nitrogens with zero attached hydrogens (tertiary/aromatic N) is 2. The molecule has 0 spiro atoms. The lowest BCUT2D eigenvalue weighted by Gasteiger charge is -2.31. The minimum atomic E-state index is 0.640. The molecule has 1 heterocycles. The highest BCUT2D eigenvalue weighted by atomic mass is 15.2. The number of nitrogens with two attached hydrogens (primary N) is 1. The summed E-state index contributed by atoms with van der Waals surface area (Å²) in [7, 11) is 0. The van der Waals surface area contributed by atoms with Crippen molar-refractivity contribution in [1.82, 2.24) is 4.98 Å². The highest BCUT2D eigenvalue weighted by Crippen LogP contribution is 2.30. The van der Waals surface area contributed by atoms with E-state index in [4.69, 9.17) is 5.73 Å². The Labute approximate surface area is 110 Å². The zero-order valence-corrected chi connectivity index (χ0v) is 11.6. The summed E-state index contributed by atoms with van der Waals surface area (Å²) >= 11 is 0. The Morgan fingerprint density at radius 1 is 1.39 bits per heavy atom. The van der Waals surface area contributed by atoms with E-state index in [1.54, 1.807) is 0 Å². The summed E-state index contributed by atoms with van der Waals surface area (Å²) in [5, 5.41) is 0. The lowest BCUT2D eigenvalue weighted by molar-refractivity contribution is 0.525. The average Bonchev–Trinajstić information content (AvgIpc) is 2.85. The molecule has 0 amide bonds. The van der Waals surface area contributed by atoms with Crippen LogP contribution in [0.2, 0.25) is 0 Å². The number of hydrogen-bond acceptors (Lipinski definition) is 3. The number of nitrogen functional groups attached to an aromatic ring is 1. The third-order valence-electron chi connectivity index (χ3n) is 3.80. The second-order valence-electron chi connectivity index (χ2n) is 5.73. The van der Waals surface area contributed by atoms with Gasteiger partial charge in [0.15, 0.2) is 5.82 Å². The van der Waals surface area contributed by atoms with Gasteiger partial charge >= 0.3 is 0 Å². The van der Waals surface area contributed by atoms with Crippen molar-refractivity contribution in [2.24, 2.45) is 5.92 Å². The number of hydrogen-bond donors (Lipinski definition) is 1. The predicted octanol–water partition coefficient (Wildman–Crippen LogP) is 3.46. The van der Waals surface area contributed by atoms with Gasteiger partial charge in [-0.2, -0.15) is 0 Å². The molecule has 2 rings (SSSR count). The standard InChI is InChI=1S/C15H25N3/c1-12(2)9-11-18(13-6-3-4-7-13)15-14(16)8-5-10-17-15/h5,8,10,12-13H,3-4,6-7,9,11,16H2,1-2H3. The largest absolute Gasteiger partial charge is 0.396 e. The van der Waals surface area contributed by atoms with Crippen molar-refractivity contribution in [3.8, 4) is 0 Å². The van der Waals surface area contributed by atoms with Crippen molar-refractivity contribution in [2.45, 2.75) is 52.0 Å². The molecule has 0 radical (unpaired) electrons. The van der Waals surface area contributed by atoms with Crippen LogP contribution in [0.4, 0.5) is 11.5 Å². The summed E-state index contributed by atoms with van der Waals surface area (Å²) in [6.07, 6.45) is 8.31. The topological polar surface area (TPSA) is 42.2 Å². The Balaban J connectivity index is 2.15. The number of rotatable bonds is 5. The lowest BCUT2D eigenvalue weighted by atomic mass is 10.1. The zero-order chi connectivity index (χ0) is 13.0. The first-order valence-electron chi connectivity index (χ1n) is 7.15. The molecule has 1 aliphatic rings. The van der Waals surface area contributed by atoms with Gasteiger partial charge in [-0.15, -0.1) is 0 Å². The summed E-state index contributed by atoms with van der Waals surface area (Å²) in [5.41, 5.74) is 6.90. The van der Waals surface area contributed by atoms with Gasteiger partial charge in [0, 0.05) is 18.8 Å². The van der Waals surface area contributed by atoms with E-state index in [-0.39, 0.29) is 0 Å². The molecule has 0 atom stereocenters. The Kier molecular flexibility index (Phi) is 4.45. The molecule has 1 aromatic rings. The van der Waals surface area contributed by atoms with Crippen LogP contribution in [0, 0.1) is 5.92 Å². The van der Waals surface area contributed by atoms with E-state index in [9.17, 15) is 0 Å². The van der Waals surface area contributed by atoms with Crippen LogP contribution in [0.3, 0.4) is 0 Å². The number of aromatic nitrogens is 1. The fourth-order valence-corrected chi connectivity index (χ4v) is 2.72. The van der Waals surface area contributed by atoms with Crippen molar-refractivity contribution >= 4 is 11.5 Å². The second kappa shape index (κ2) is 6.07. The van der Waals surface area contributed by atoms with E-state index in [2.05, 4.69) is 23.7 Å². The first-order valence-corrected chi connectivity index (χ1v) is 7.15. The first-order chi connectivity index (χ1) is 8.68. The monoisotopic (exact) mass is 247 g/mol. The maximum atomic E-state index is 6.09. The summed E-state index contributed by atoms with van der Waals surface area (Å²) < 4.78 is 0. The van der Waals surface area contributed by atoms with E-state index in [1.807, 2.05) is 18.3 Å². The third-order valence-corrected chi connectivity index (χ3v) is 3.80. The highest BCUT2D eigenvalue weighted by molar-refractivity contribution is 5.62. The number of pyridine rings is 1. The average molecular weight is 247 g/mol. The van der Waals surface area contributed by atoms with Crippen LogP contribution in [0.5, 0.6) is 0 Å². The molecule has 18 heavy (non-hydrogen) atoms. The van der Waals surface area contributed by atoms with E-state index >= 15 is 0 Å². The maximum Gasteiger partial charge on any atom is 0.152 e. The van der Waals surface area contributed by atoms with E-state index in [1.165, 1.54) is 32.1 Å². The predicted molar refractivity (Wildman–Crippen MR) is 77.7 cm³/mol. The Hall–Kier alpha value is -1.25. The molecule has 1 saturated carbocycles. The van der Waals surface area contributed by atoms with Gasteiger partial charge in [0.2, 0.25) is 0 Å². The van der Waals surface area contributed by atoms with Gasteiger partial charge in [0.05, 0.1) is 5.69 Å². The molecule has 1 aromatic heterocycles. The highest BCUT2D eigenvalue weighted by Gasteiger charge is 2.24. The van der Waals surface area contributed by atoms with Gasteiger partial charge in [0.25, 0.3) is 0 Å². The van der Waals surface area contributed by atoms with Gasteiger partial charge in [0.1, 0.15) is 0 Å². The molecule has 2 N–H and O–H groups in total. The zero-order valence-electron chi connectivity index (χ0n) is 11.6. The van der Waals surface area contributed by atoms with Crippen molar-refractivity contribution in [3.05, 3.63) is 18.3 Å². The van der Waals surface area contributed by atoms with Crippen LogP contribution >= 0.6 is 0 Å². The van der Waals surface area contributed by atoms with Crippen LogP contribution in [-0.4, -0.2) is 17.6 Å². The Morgan fingerprint density at radius 2 is 2.11 bits per heavy atom. The molecule has 0 bridgehead atoms. The van der Waals surface area contributed by atoms with Gasteiger partial charge < -0.3 is 10.6 Å². The summed E-state index contributed by atoms with van der Waals surface area (Å²) in [6, 6.07) is 4.51. The quantitative estimate of drug-likeness (QED) is 0.866. The first kappa shape index (κ1) is 13.2. The molecule has 0 unspecified atom stereocenters. The molecule has 0 saturated heterocycles. The van der Waals surface area contributed by atoms with Gasteiger partial charge in [-0.1, -0.05) is 26.7 Å². The van der Waals surface area contributed by atoms with Crippen molar-refractivity contribution in [2.75, 3.05) is 17.2 Å². The molecule has 3 nitrogen and oxygen atoms in total. The third kappa shape index (κ3) is 3.15. The maximum absolute atomic E-state index is 6.09. The van der Waals surface area contributed by atoms with E-state index in [0.717, 1.165) is 24.0 Å². The van der Waals surface area contributed by atoms with Crippen molar-refractivity contribution in [3.63, 3.8) is 0 Å². The molecule has 0 aliphatic heterocycles. The minimum absolute atomic E-state index is 0.640. The van der Waals surface area contributed by atoms with Crippen molar-refractivity contribution in [1.29, 1.82) is 0 Å². The van der Waals surface area contributed by atoms with Crippen molar-refractivity contribution < 1.29 is 0 Å². The minimum Gasteiger partial charge on any atom is -0.396 e. The van der Waals surface area contributed by atoms with Gasteiger partial charge in [-0.25, -0.2) is 4.98 Å². The van der Waals surface area contributed by atoms with Gasteiger partial charge in [-0.3, -0.25) is 0 Å². The molecule has 1 aliphatic carbocycles. The van der Waals surface area contributed by atoms with E-state index in [0.29, 0.717) is 6.04 Å². The van der Waals surface area contributed by atoms with Gasteiger partial charge in [-0.05, 0) is 37.3 Å². The fourth-order valence-electron chi connectivity index (χ4n) is 2.72. The van der Waals surface area contributed by atoms with Crippen LogP contribution < -0.4 is 10.6 Å². The molecular formula is C15H25N3. The molecular weight excluding hydrogens is 222 g/mol. The second-order valence-corrected chi connectivity index (χ2v) is 5.73. The van der Waals surface area contributed by atoms with Crippen LogP contribution in [0.15, 0.2) is 18.3 Å². The summed E-state index contributed by atoms with van der Waals surface area (Å²) in [5.74, 6) is 1.71. The van der Waals surface area contributed by atoms with Crippen LogP contribution in [0.25, 0.3) is 0 Å². The fraction of sp³-hybridized carbons (Fsp3) is 0.667. The lowest BCUT2D eigenvalue weighted by Crippen LogP contribution is -2.36. The number of anilines is 2. The normalized spacial score (nSPS) is 16.4. The summed E-state index contributed by atoms with van der Waals surface area (Å²) in [6.45, 7) is 5.62. The molecule has 3 heteroatoms. The Morgan fingerprint density at radius 3 is 2.72 bits per heavy atom. The summed E-state index contributed by atoms with van der Waals surface area (Å²) in [4.78, 5) is 6.95. The molecule has 1 fully saturated rings. The smallest absolute Gasteiger partial charge is 0.152 e. The SMILES string of the molecule is CC(C)CCN(c1ncccc1N)C1CCCC1.